The van der Waals surface area contributed by atoms with Crippen molar-refractivity contribution in [1.82, 2.24) is 4.57 Å². The molecule has 0 saturated carbocycles. The summed E-state index contributed by atoms with van der Waals surface area (Å²) in [5.74, 6) is 0. The zero-order valence-corrected chi connectivity index (χ0v) is 11.8. The molecule has 0 aliphatic carbocycles. The number of hydrogen-bond donors (Lipinski definition) is 0. The highest BCUT2D eigenvalue weighted by molar-refractivity contribution is 6.00. The molecule has 2 aliphatic rings. The summed E-state index contributed by atoms with van der Waals surface area (Å²) in [5.41, 5.74) is 6.53. The van der Waals surface area contributed by atoms with E-state index in [4.69, 9.17) is 4.74 Å². The van der Waals surface area contributed by atoms with Gasteiger partial charge in [-0.3, -0.25) is 0 Å². The smallest absolute Gasteiger partial charge is 0.103 e. The van der Waals surface area contributed by atoms with E-state index in [-0.39, 0.29) is 12.2 Å². The molecular formula is C19H15NO. The molecule has 2 aliphatic heterocycles. The molecule has 3 aromatic rings. The Morgan fingerprint density at radius 1 is 0.952 bits per heavy atom. The highest BCUT2D eigenvalue weighted by atomic mass is 16.5. The quantitative estimate of drug-likeness (QED) is 0.594. The van der Waals surface area contributed by atoms with Gasteiger partial charge in [0, 0.05) is 35.3 Å². The van der Waals surface area contributed by atoms with Crippen LogP contribution in [-0.4, -0.2) is 4.57 Å². The number of hydrogen-bond acceptors (Lipinski definition) is 1. The molecule has 102 valence electrons. The molecule has 1 aromatic heterocycles. The van der Waals surface area contributed by atoms with Gasteiger partial charge in [0.2, 0.25) is 0 Å². The second-order valence-electron chi connectivity index (χ2n) is 5.84. The predicted molar refractivity (Wildman–Crippen MR) is 84.1 cm³/mol. The summed E-state index contributed by atoms with van der Waals surface area (Å²) in [6, 6.07) is 15.1. The minimum absolute atomic E-state index is 0.124. The van der Waals surface area contributed by atoms with Crippen LogP contribution in [-0.2, 0) is 11.8 Å². The van der Waals surface area contributed by atoms with Crippen molar-refractivity contribution in [3.63, 3.8) is 0 Å². The molecule has 0 amide bonds. The summed E-state index contributed by atoms with van der Waals surface area (Å²) in [5, 5.41) is 1.35. The Hall–Kier alpha value is -2.32. The first-order chi connectivity index (χ1) is 10.3. The molecule has 2 aromatic carbocycles. The Kier molecular flexibility index (Phi) is 2.09. The van der Waals surface area contributed by atoms with Crippen LogP contribution in [0.15, 0.2) is 60.8 Å². The van der Waals surface area contributed by atoms with Crippen molar-refractivity contribution in [2.45, 2.75) is 12.2 Å². The van der Waals surface area contributed by atoms with E-state index in [0.29, 0.717) is 0 Å². The molecule has 2 nitrogen and oxygen atoms in total. The lowest BCUT2D eigenvalue weighted by atomic mass is 9.91. The lowest BCUT2D eigenvalue weighted by Gasteiger charge is -2.11. The first kappa shape index (κ1) is 11.4. The van der Waals surface area contributed by atoms with Gasteiger partial charge in [-0.2, -0.15) is 0 Å². The Labute approximate surface area is 123 Å². The molecule has 2 bridgehead atoms. The molecule has 3 heterocycles. The highest BCUT2D eigenvalue weighted by Crippen LogP contribution is 2.50. The summed E-state index contributed by atoms with van der Waals surface area (Å²) < 4.78 is 8.25. The van der Waals surface area contributed by atoms with Gasteiger partial charge in [-0.1, -0.05) is 48.6 Å². The maximum atomic E-state index is 6.03. The van der Waals surface area contributed by atoms with Gasteiger partial charge in [0.05, 0.1) is 0 Å². The second kappa shape index (κ2) is 3.86. The lowest BCUT2D eigenvalue weighted by Crippen LogP contribution is -1.95. The van der Waals surface area contributed by atoms with Crippen LogP contribution in [0, 0.1) is 0 Å². The second-order valence-corrected chi connectivity index (χ2v) is 5.84. The Morgan fingerprint density at radius 3 is 2.62 bits per heavy atom. The number of rotatable bonds is 1. The molecule has 0 unspecified atom stereocenters. The third kappa shape index (κ3) is 1.40. The summed E-state index contributed by atoms with van der Waals surface area (Å²) in [4.78, 5) is 0. The maximum absolute atomic E-state index is 6.03. The number of ether oxygens (including phenoxy) is 1. The SMILES string of the molecule is Cn1cc(-c2ccccc2)c2c3c(ccc21)[C@@H]1C=C[C@H]3O1. The van der Waals surface area contributed by atoms with E-state index in [1.54, 1.807) is 0 Å². The van der Waals surface area contributed by atoms with Crippen molar-refractivity contribution in [2.75, 3.05) is 0 Å². The van der Waals surface area contributed by atoms with Crippen molar-refractivity contribution in [1.29, 1.82) is 0 Å². The van der Waals surface area contributed by atoms with E-state index in [9.17, 15) is 0 Å². The normalized spacial score (nSPS) is 22.1. The first-order valence-electron chi connectivity index (χ1n) is 7.34. The molecule has 5 rings (SSSR count). The van der Waals surface area contributed by atoms with Gasteiger partial charge >= 0.3 is 0 Å². The van der Waals surface area contributed by atoms with E-state index in [1.165, 1.54) is 33.2 Å². The summed E-state index contributed by atoms with van der Waals surface area (Å²) in [6.45, 7) is 0. The minimum Gasteiger partial charge on any atom is -0.357 e. The van der Waals surface area contributed by atoms with Crippen LogP contribution >= 0.6 is 0 Å². The summed E-state index contributed by atoms with van der Waals surface area (Å²) >= 11 is 0. The van der Waals surface area contributed by atoms with Gasteiger partial charge < -0.3 is 9.30 Å². The van der Waals surface area contributed by atoms with Gasteiger partial charge in [-0.05, 0) is 17.2 Å². The minimum atomic E-state index is 0.124. The third-order valence-electron chi connectivity index (χ3n) is 4.66. The summed E-state index contributed by atoms with van der Waals surface area (Å²) in [7, 11) is 2.12. The van der Waals surface area contributed by atoms with Crippen LogP contribution in [0.1, 0.15) is 23.3 Å². The number of fused-ring (bicyclic) bond motifs is 7. The van der Waals surface area contributed by atoms with Crippen molar-refractivity contribution in [2.24, 2.45) is 7.05 Å². The van der Waals surface area contributed by atoms with E-state index >= 15 is 0 Å². The van der Waals surface area contributed by atoms with Crippen LogP contribution in [0.5, 0.6) is 0 Å². The van der Waals surface area contributed by atoms with E-state index in [2.05, 4.69) is 72.4 Å². The van der Waals surface area contributed by atoms with E-state index in [0.717, 1.165) is 0 Å². The highest BCUT2D eigenvalue weighted by Gasteiger charge is 2.36. The van der Waals surface area contributed by atoms with Crippen molar-refractivity contribution < 1.29 is 4.74 Å². The van der Waals surface area contributed by atoms with Gasteiger partial charge in [0.25, 0.3) is 0 Å². The maximum Gasteiger partial charge on any atom is 0.103 e. The predicted octanol–water partition coefficient (Wildman–Crippen LogP) is 4.53. The fourth-order valence-corrected chi connectivity index (χ4v) is 3.71. The molecule has 2 atom stereocenters. The largest absolute Gasteiger partial charge is 0.357 e. The fourth-order valence-electron chi connectivity index (χ4n) is 3.71. The van der Waals surface area contributed by atoms with Gasteiger partial charge in [-0.15, -0.1) is 0 Å². The Bertz CT molecular complexity index is 889. The van der Waals surface area contributed by atoms with E-state index < -0.39 is 0 Å². The van der Waals surface area contributed by atoms with Crippen LogP contribution < -0.4 is 0 Å². The van der Waals surface area contributed by atoms with Gasteiger partial charge in [-0.25, -0.2) is 0 Å². The standard InChI is InChI=1S/C19H15NO/c1-20-11-14(12-5-3-2-4-6-12)18-15(20)8-7-13-16-9-10-17(21-16)19(13)18/h2-11,16-17H,1H3/t16-,17+/m0/s1. The molecular weight excluding hydrogens is 258 g/mol. The molecule has 21 heavy (non-hydrogen) atoms. The first-order valence-corrected chi connectivity index (χ1v) is 7.34. The number of aromatic nitrogens is 1. The molecule has 0 spiro atoms. The van der Waals surface area contributed by atoms with Crippen LogP contribution in [0.3, 0.4) is 0 Å². The van der Waals surface area contributed by atoms with Gasteiger partial charge in [0.1, 0.15) is 12.2 Å². The van der Waals surface area contributed by atoms with Crippen molar-refractivity contribution in [3.8, 4) is 11.1 Å². The zero-order valence-electron chi connectivity index (χ0n) is 11.8. The Morgan fingerprint density at radius 2 is 1.76 bits per heavy atom. The topological polar surface area (TPSA) is 14.2 Å². The average molecular weight is 273 g/mol. The molecule has 2 heteroatoms. The molecule has 0 N–H and O–H groups in total. The zero-order chi connectivity index (χ0) is 14.0. The van der Waals surface area contributed by atoms with Crippen molar-refractivity contribution in [3.05, 3.63) is 71.9 Å². The summed E-state index contributed by atoms with van der Waals surface area (Å²) in [6.07, 6.45) is 6.87. The number of aryl methyl sites for hydroxylation is 1. The van der Waals surface area contributed by atoms with Crippen molar-refractivity contribution >= 4 is 10.9 Å². The molecule has 0 saturated heterocycles. The molecule has 0 radical (unpaired) electrons. The molecule has 0 fully saturated rings. The average Bonchev–Trinajstić information content (AvgIpc) is 3.21. The van der Waals surface area contributed by atoms with Gasteiger partial charge in [0.15, 0.2) is 0 Å². The van der Waals surface area contributed by atoms with E-state index in [1.807, 2.05) is 0 Å². The Balaban J connectivity index is 1.89. The fraction of sp³-hybridized carbons (Fsp3) is 0.158. The monoisotopic (exact) mass is 273 g/mol. The number of benzene rings is 2. The lowest BCUT2D eigenvalue weighted by molar-refractivity contribution is 0.0883. The van der Waals surface area contributed by atoms with Crippen LogP contribution in [0.2, 0.25) is 0 Å². The third-order valence-corrected chi connectivity index (χ3v) is 4.66. The van der Waals surface area contributed by atoms with Crippen LogP contribution in [0.4, 0.5) is 0 Å². The number of nitrogens with zero attached hydrogens (tertiary/aromatic N) is 1. The van der Waals surface area contributed by atoms with Crippen LogP contribution in [0.25, 0.3) is 22.0 Å².